The monoisotopic (exact) mass is 234 g/mol. The molecule has 4 heteroatoms. The van der Waals surface area contributed by atoms with Crippen molar-refractivity contribution in [2.24, 2.45) is 0 Å². The van der Waals surface area contributed by atoms with Gasteiger partial charge in [-0.3, -0.25) is 4.79 Å². The average molecular weight is 234 g/mol. The Bertz CT molecular complexity index is 459. The zero-order valence-corrected chi connectivity index (χ0v) is 9.82. The van der Waals surface area contributed by atoms with E-state index in [0.29, 0.717) is 6.54 Å². The normalized spacial score (nSPS) is 15.2. The summed E-state index contributed by atoms with van der Waals surface area (Å²) in [5, 5.41) is 0. The van der Waals surface area contributed by atoms with Crippen LogP contribution in [0.2, 0.25) is 0 Å². The van der Waals surface area contributed by atoms with Gasteiger partial charge in [-0.2, -0.15) is 0 Å². The summed E-state index contributed by atoms with van der Waals surface area (Å²) in [7, 11) is 1.90. The molecule has 1 aromatic carbocycles. The third-order valence-electron chi connectivity index (χ3n) is 2.96. The van der Waals surface area contributed by atoms with E-state index in [9.17, 15) is 9.18 Å². The van der Waals surface area contributed by atoms with Gasteiger partial charge in [-0.15, -0.1) is 0 Å². The van der Waals surface area contributed by atoms with Gasteiger partial charge < -0.3 is 9.80 Å². The lowest BCUT2D eigenvalue weighted by molar-refractivity contribution is -0.114. The standard InChI is InChI=1S/C13H15FN2O/c1-3-13(17)16-8-4-7-15(2)12-9-10(14)5-6-11(12)16/h3,5-6,9H,1,4,7-8H2,2H3. The van der Waals surface area contributed by atoms with Crippen LogP contribution >= 0.6 is 0 Å². The molecule has 0 radical (unpaired) electrons. The summed E-state index contributed by atoms with van der Waals surface area (Å²) in [6.45, 7) is 4.93. The Morgan fingerprint density at radius 2 is 2.18 bits per heavy atom. The predicted octanol–water partition coefficient (Wildman–Crippen LogP) is 2.18. The van der Waals surface area contributed by atoms with Crippen molar-refractivity contribution in [1.29, 1.82) is 0 Å². The van der Waals surface area contributed by atoms with Gasteiger partial charge in [-0.1, -0.05) is 6.58 Å². The molecule has 0 aromatic heterocycles. The van der Waals surface area contributed by atoms with Crippen molar-refractivity contribution in [3.05, 3.63) is 36.7 Å². The van der Waals surface area contributed by atoms with Gasteiger partial charge in [0.15, 0.2) is 0 Å². The Kier molecular flexibility index (Phi) is 3.13. The summed E-state index contributed by atoms with van der Waals surface area (Å²) in [5.41, 5.74) is 1.49. The smallest absolute Gasteiger partial charge is 0.250 e. The van der Waals surface area contributed by atoms with Crippen molar-refractivity contribution < 1.29 is 9.18 Å². The van der Waals surface area contributed by atoms with Crippen LogP contribution in [0.4, 0.5) is 15.8 Å². The van der Waals surface area contributed by atoms with Gasteiger partial charge in [-0.05, 0) is 30.7 Å². The van der Waals surface area contributed by atoms with E-state index in [1.807, 2.05) is 11.9 Å². The SMILES string of the molecule is C=CC(=O)N1CCCN(C)c2cc(F)ccc21. The van der Waals surface area contributed by atoms with E-state index in [0.717, 1.165) is 24.3 Å². The van der Waals surface area contributed by atoms with Crippen LogP contribution in [0.15, 0.2) is 30.9 Å². The largest absolute Gasteiger partial charge is 0.373 e. The summed E-state index contributed by atoms with van der Waals surface area (Å²) in [5.74, 6) is -0.434. The van der Waals surface area contributed by atoms with Crippen LogP contribution in [-0.2, 0) is 4.79 Å². The number of nitrogens with zero attached hydrogens (tertiary/aromatic N) is 2. The number of anilines is 2. The minimum Gasteiger partial charge on any atom is -0.373 e. The van der Waals surface area contributed by atoms with E-state index in [1.54, 1.807) is 11.0 Å². The van der Waals surface area contributed by atoms with Crippen LogP contribution in [0, 0.1) is 5.82 Å². The van der Waals surface area contributed by atoms with E-state index in [1.165, 1.54) is 18.2 Å². The third-order valence-corrected chi connectivity index (χ3v) is 2.96. The van der Waals surface area contributed by atoms with Crippen LogP contribution in [0.3, 0.4) is 0 Å². The van der Waals surface area contributed by atoms with E-state index < -0.39 is 0 Å². The number of amides is 1. The molecule has 1 heterocycles. The van der Waals surface area contributed by atoms with Gasteiger partial charge in [0.05, 0.1) is 11.4 Å². The van der Waals surface area contributed by atoms with Gasteiger partial charge in [0, 0.05) is 20.1 Å². The lowest BCUT2D eigenvalue weighted by Gasteiger charge is -2.23. The number of carbonyl (C=O) groups is 1. The molecule has 0 saturated carbocycles. The highest BCUT2D eigenvalue weighted by molar-refractivity contribution is 6.03. The maximum atomic E-state index is 13.3. The fourth-order valence-electron chi connectivity index (χ4n) is 2.08. The van der Waals surface area contributed by atoms with E-state index in [2.05, 4.69) is 6.58 Å². The molecule has 0 atom stereocenters. The molecule has 0 N–H and O–H groups in total. The zero-order chi connectivity index (χ0) is 12.4. The maximum Gasteiger partial charge on any atom is 0.250 e. The van der Waals surface area contributed by atoms with Gasteiger partial charge in [0.25, 0.3) is 0 Å². The molecule has 3 nitrogen and oxygen atoms in total. The van der Waals surface area contributed by atoms with Crippen LogP contribution in [0.5, 0.6) is 0 Å². The first-order chi connectivity index (χ1) is 8.13. The highest BCUT2D eigenvalue weighted by Gasteiger charge is 2.22. The number of carbonyl (C=O) groups excluding carboxylic acids is 1. The Hall–Kier alpha value is -1.84. The summed E-state index contributed by atoms with van der Waals surface area (Å²) in [4.78, 5) is 15.4. The Labute approximate surface area is 100 Å². The van der Waals surface area contributed by atoms with Crippen molar-refractivity contribution in [1.82, 2.24) is 0 Å². The molecule has 0 fully saturated rings. The summed E-state index contributed by atoms with van der Waals surface area (Å²) < 4.78 is 13.3. The zero-order valence-electron chi connectivity index (χ0n) is 9.82. The molecular weight excluding hydrogens is 219 g/mol. The molecule has 2 rings (SSSR count). The topological polar surface area (TPSA) is 23.6 Å². The number of rotatable bonds is 1. The van der Waals surface area contributed by atoms with E-state index in [4.69, 9.17) is 0 Å². The van der Waals surface area contributed by atoms with Crippen molar-refractivity contribution in [3.8, 4) is 0 Å². The molecule has 90 valence electrons. The second-order valence-corrected chi connectivity index (χ2v) is 4.10. The van der Waals surface area contributed by atoms with Crippen molar-refractivity contribution >= 4 is 17.3 Å². The minimum atomic E-state index is -0.288. The van der Waals surface area contributed by atoms with Crippen LogP contribution < -0.4 is 9.80 Å². The average Bonchev–Trinajstić information content (AvgIpc) is 2.48. The lowest BCUT2D eigenvalue weighted by atomic mass is 10.2. The first-order valence-corrected chi connectivity index (χ1v) is 5.58. The molecule has 1 aromatic rings. The Morgan fingerprint density at radius 3 is 2.88 bits per heavy atom. The number of hydrogen-bond donors (Lipinski definition) is 0. The van der Waals surface area contributed by atoms with Crippen molar-refractivity contribution in [3.63, 3.8) is 0 Å². The van der Waals surface area contributed by atoms with Gasteiger partial charge in [0.2, 0.25) is 5.91 Å². The minimum absolute atomic E-state index is 0.145. The second kappa shape index (κ2) is 4.57. The second-order valence-electron chi connectivity index (χ2n) is 4.10. The molecule has 0 saturated heterocycles. The molecular formula is C13H15FN2O. The Morgan fingerprint density at radius 1 is 1.41 bits per heavy atom. The first-order valence-electron chi connectivity index (χ1n) is 5.58. The first kappa shape index (κ1) is 11.6. The molecule has 1 aliphatic heterocycles. The number of halogens is 1. The quantitative estimate of drug-likeness (QED) is 0.695. The highest BCUT2D eigenvalue weighted by Crippen LogP contribution is 2.32. The fraction of sp³-hybridized carbons (Fsp3) is 0.308. The van der Waals surface area contributed by atoms with Crippen LogP contribution in [0.25, 0.3) is 0 Å². The molecule has 17 heavy (non-hydrogen) atoms. The molecule has 1 amide bonds. The van der Waals surface area contributed by atoms with Gasteiger partial charge in [-0.25, -0.2) is 4.39 Å². The molecule has 0 bridgehead atoms. The highest BCUT2D eigenvalue weighted by atomic mass is 19.1. The number of benzene rings is 1. The predicted molar refractivity (Wildman–Crippen MR) is 66.8 cm³/mol. The molecule has 0 unspecified atom stereocenters. The van der Waals surface area contributed by atoms with Crippen molar-refractivity contribution in [2.75, 3.05) is 29.9 Å². The van der Waals surface area contributed by atoms with Gasteiger partial charge >= 0.3 is 0 Å². The lowest BCUT2D eigenvalue weighted by Crippen LogP contribution is -2.29. The molecule has 0 aliphatic carbocycles. The number of hydrogen-bond acceptors (Lipinski definition) is 2. The molecule has 0 spiro atoms. The van der Waals surface area contributed by atoms with Crippen LogP contribution in [0.1, 0.15) is 6.42 Å². The summed E-state index contributed by atoms with van der Waals surface area (Å²) in [6, 6.07) is 4.49. The van der Waals surface area contributed by atoms with E-state index >= 15 is 0 Å². The van der Waals surface area contributed by atoms with E-state index in [-0.39, 0.29) is 11.7 Å². The number of fused-ring (bicyclic) bond motifs is 1. The van der Waals surface area contributed by atoms with Gasteiger partial charge in [0.1, 0.15) is 5.82 Å². The summed E-state index contributed by atoms with van der Waals surface area (Å²) >= 11 is 0. The maximum absolute atomic E-state index is 13.3. The summed E-state index contributed by atoms with van der Waals surface area (Å²) in [6.07, 6.45) is 2.14. The van der Waals surface area contributed by atoms with Crippen molar-refractivity contribution in [2.45, 2.75) is 6.42 Å². The fourth-order valence-corrected chi connectivity index (χ4v) is 2.08. The third kappa shape index (κ3) is 2.16. The molecule has 1 aliphatic rings. The van der Waals surface area contributed by atoms with Crippen LogP contribution in [-0.4, -0.2) is 26.0 Å². The Balaban J connectivity index is 2.50.